The van der Waals surface area contributed by atoms with E-state index >= 15 is 0 Å². The predicted octanol–water partition coefficient (Wildman–Crippen LogP) is 1.76. The van der Waals surface area contributed by atoms with Crippen LogP contribution >= 0.6 is 0 Å². The summed E-state index contributed by atoms with van der Waals surface area (Å²) in [6.45, 7) is 4.13. The molecule has 1 atom stereocenters. The lowest BCUT2D eigenvalue weighted by atomic mass is 10.1. The van der Waals surface area contributed by atoms with E-state index in [2.05, 4.69) is 23.9 Å². The molecule has 16 heavy (non-hydrogen) atoms. The van der Waals surface area contributed by atoms with Crippen molar-refractivity contribution in [2.45, 2.75) is 31.3 Å². The monoisotopic (exact) mass is 240 g/mol. The topological polar surface area (TPSA) is 58.2 Å². The molecule has 2 N–H and O–H groups in total. The van der Waals surface area contributed by atoms with Crippen LogP contribution in [0.4, 0.5) is 5.69 Å². The molecule has 88 valence electrons. The Kier molecular flexibility index (Phi) is 2.90. The molecule has 2 rings (SSSR count). The summed E-state index contributed by atoms with van der Waals surface area (Å²) in [6.07, 6.45) is 0.563. The van der Waals surface area contributed by atoms with E-state index < -0.39 is 10.0 Å². The van der Waals surface area contributed by atoms with Gasteiger partial charge in [-0.15, -0.1) is 0 Å². The maximum absolute atomic E-state index is 11.9. The summed E-state index contributed by atoms with van der Waals surface area (Å²) >= 11 is 0. The van der Waals surface area contributed by atoms with Crippen molar-refractivity contribution in [2.75, 3.05) is 5.32 Å². The average molecular weight is 240 g/mol. The van der Waals surface area contributed by atoms with E-state index in [1.165, 1.54) is 0 Å². The van der Waals surface area contributed by atoms with Crippen LogP contribution in [0.2, 0.25) is 0 Å². The molecule has 0 radical (unpaired) electrons. The molecule has 0 fully saturated rings. The molecule has 1 unspecified atom stereocenters. The van der Waals surface area contributed by atoms with Gasteiger partial charge in [-0.3, -0.25) is 0 Å². The van der Waals surface area contributed by atoms with Gasteiger partial charge in [0.2, 0.25) is 10.0 Å². The van der Waals surface area contributed by atoms with E-state index in [1.807, 2.05) is 6.07 Å². The van der Waals surface area contributed by atoms with Gasteiger partial charge in [-0.1, -0.05) is 26.0 Å². The molecule has 0 aliphatic carbocycles. The van der Waals surface area contributed by atoms with Gasteiger partial charge in [0.15, 0.2) is 0 Å². The second kappa shape index (κ2) is 4.07. The number of nitrogens with one attached hydrogen (secondary N) is 2. The van der Waals surface area contributed by atoms with Gasteiger partial charge in [0, 0.05) is 0 Å². The van der Waals surface area contributed by atoms with E-state index in [0.29, 0.717) is 16.5 Å². The van der Waals surface area contributed by atoms with Gasteiger partial charge in [-0.05, 0) is 24.5 Å². The lowest BCUT2D eigenvalue weighted by Crippen LogP contribution is -2.45. The van der Waals surface area contributed by atoms with Gasteiger partial charge in [0.1, 0.15) is 4.90 Å². The Morgan fingerprint density at radius 1 is 1.31 bits per heavy atom. The minimum absolute atomic E-state index is 0.208. The highest BCUT2D eigenvalue weighted by Gasteiger charge is 2.28. The van der Waals surface area contributed by atoms with Crippen molar-refractivity contribution in [3.8, 4) is 0 Å². The third kappa shape index (κ3) is 2.20. The van der Waals surface area contributed by atoms with Gasteiger partial charge in [0.05, 0.1) is 11.9 Å². The second-order valence-electron chi connectivity index (χ2n) is 4.44. The molecule has 1 heterocycles. The standard InChI is InChI=1S/C11H16N2O2S/c1-8(2)7-11-12-9-5-3-4-6-10(9)16(14,15)13-11/h3-6,8,11-13H,7H2,1-2H3. The molecule has 0 bridgehead atoms. The lowest BCUT2D eigenvalue weighted by molar-refractivity contribution is 0.483. The van der Waals surface area contributed by atoms with Crippen molar-refractivity contribution in [2.24, 2.45) is 5.92 Å². The number of fused-ring (bicyclic) bond motifs is 1. The fourth-order valence-corrected chi connectivity index (χ4v) is 3.20. The normalized spacial score (nSPS) is 22.6. The van der Waals surface area contributed by atoms with Gasteiger partial charge >= 0.3 is 0 Å². The van der Waals surface area contributed by atoms with Crippen LogP contribution < -0.4 is 10.0 Å². The minimum atomic E-state index is -3.35. The van der Waals surface area contributed by atoms with E-state index in [9.17, 15) is 8.42 Å². The summed E-state index contributed by atoms with van der Waals surface area (Å²) < 4.78 is 26.5. The number of para-hydroxylation sites is 1. The molecular weight excluding hydrogens is 224 g/mol. The zero-order valence-corrected chi connectivity index (χ0v) is 10.2. The van der Waals surface area contributed by atoms with Crippen LogP contribution in [-0.4, -0.2) is 14.6 Å². The number of hydrogen-bond acceptors (Lipinski definition) is 3. The van der Waals surface area contributed by atoms with Gasteiger partial charge in [-0.2, -0.15) is 4.72 Å². The SMILES string of the molecule is CC(C)CC1Nc2ccccc2S(=O)(=O)N1. The molecule has 1 aliphatic rings. The molecule has 4 nitrogen and oxygen atoms in total. The molecule has 0 saturated carbocycles. The van der Waals surface area contributed by atoms with Crippen molar-refractivity contribution in [3.63, 3.8) is 0 Å². The van der Waals surface area contributed by atoms with Crippen molar-refractivity contribution >= 4 is 15.7 Å². The first kappa shape index (κ1) is 11.4. The number of benzene rings is 1. The summed E-state index contributed by atoms with van der Waals surface area (Å²) in [4.78, 5) is 0.329. The number of rotatable bonds is 2. The van der Waals surface area contributed by atoms with Crippen LogP contribution in [0, 0.1) is 5.92 Å². The first-order valence-corrected chi connectivity index (χ1v) is 6.85. The third-order valence-electron chi connectivity index (χ3n) is 2.51. The van der Waals surface area contributed by atoms with Gasteiger partial charge in [0.25, 0.3) is 0 Å². The minimum Gasteiger partial charge on any atom is -0.368 e. The van der Waals surface area contributed by atoms with Crippen LogP contribution in [0.25, 0.3) is 0 Å². The van der Waals surface area contributed by atoms with E-state index in [4.69, 9.17) is 0 Å². The van der Waals surface area contributed by atoms with Crippen LogP contribution in [0.3, 0.4) is 0 Å². The molecule has 0 saturated heterocycles. The highest BCUT2D eigenvalue weighted by atomic mass is 32.2. The zero-order valence-electron chi connectivity index (χ0n) is 9.40. The summed E-state index contributed by atoms with van der Waals surface area (Å²) in [5.74, 6) is 0.436. The van der Waals surface area contributed by atoms with Crippen LogP contribution in [0.15, 0.2) is 29.2 Å². The zero-order chi connectivity index (χ0) is 11.8. The van der Waals surface area contributed by atoms with Gasteiger partial charge in [-0.25, -0.2) is 8.42 Å². The van der Waals surface area contributed by atoms with E-state index in [-0.39, 0.29) is 6.17 Å². The maximum Gasteiger partial charge on any atom is 0.244 e. The Bertz CT molecular complexity index is 483. The van der Waals surface area contributed by atoms with Crippen LogP contribution in [0.5, 0.6) is 0 Å². The Labute approximate surface area is 96.1 Å². The Balaban J connectivity index is 2.34. The van der Waals surface area contributed by atoms with Gasteiger partial charge < -0.3 is 5.32 Å². The largest absolute Gasteiger partial charge is 0.368 e. The van der Waals surface area contributed by atoms with Crippen molar-refractivity contribution in [1.82, 2.24) is 4.72 Å². The number of hydrogen-bond donors (Lipinski definition) is 2. The lowest BCUT2D eigenvalue weighted by Gasteiger charge is -2.28. The van der Waals surface area contributed by atoms with Crippen LogP contribution in [-0.2, 0) is 10.0 Å². The summed E-state index contributed by atoms with van der Waals surface area (Å²) in [5, 5.41) is 3.19. The quantitative estimate of drug-likeness (QED) is 0.828. The highest BCUT2D eigenvalue weighted by Crippen LogP contribution is 2.26. The molecular formula is C11H16N2O2S. The van der Waals surface area contributed by atoms with Crippen molar-refractivity contribution in [3.05, 3.63) is 24.3 Å². The Morgan fingerprint density at radius 2 is 2.00 bits per heavy atom. The fraction of sp³-hybridized carbons (Fsp3) is 0.455. The maximum atomic E-state index is 11.9. The molecule has 0 spiro atoms. The molecule has 5 heteroatoms. The first-order chi connectivity index (χ1) is 7.49. The first-order valence-electron chi connectivity index (χ1n) is 5.37. The molecule has 1 aliphatic heterocycles. The number of sulfonamides is 1. The molecule has 0 amide bonds. The highest BCUT2D eigenvalue weighted by molar-refractivity contribution is 7.89. The molecule has 1 aromatic rings. The van der Waals surface area contributed by atoms with E-state index in [1.54, 1.807) is 18.2 Å². The fourth-order valence-electron chi connectivity index (χ4n) is 1.87. The average Bonchev–Trinajstić information content (AvgIpc) is 2.15. The summed E-state index contributed by atoms with van der Waals surface area (Å²) in [7, 11) is -3.35. The summed E-state index contributed by atoms with van der Waals surface area (Å²) in [5.41, 5.74) is 0.687. The Morgan fingerprint density at radius 3 is 2.69 bits per heavy atom. The number of anilines is 1. The van der Waals surface area contributed by atoms with E-state index in [0.717, 1.165) is 6.42 Å². The predicted molar refractivity (Wildman–Crippen MR) is 63.6 cm³/mol. The summed E-state index contributed by atoms with van der Waals surface area (Å²) in [6, 6.07) is 6.96. The Hall–Kier alpha value is -1.07. The smallest absolute Gasteiger partial charge is 0.244 e. The van der Waals surface area contributed by atoms with Crippen molar-refractivity contribution < 1.29 is 8.42 Å². The van der Waals surface area contributed by atoms with Crippen LogP contribution in [0.1, 0.15) is 20.3 Å². The molecule has 0 aromatic heterocycles. The second-order valence-corrected chi connectivity index (χ2v) is 6.13. The third-order valence-corrected chi connectivity index (χ3v) is 4.04. The molecule has 1 aromatic carbocycles. The van der Waals surface area contributed by atoms with Crippen molar-refractivity contribution in [1.29, 1.82) is 0 Å².